The number of para-hydroxylation sites is 1. The normalized spacial score (nSPS) is 10.4. The number of nitrogens with zero attached hydrogens (tertiary/aromatic N) is 1. The quantitative estimate of drug-likeness (QED) is 0.403. The number of benzene rings is 2. The molecule has 0 aromatic heterocycles. The lowest BCUT2D eigenvalue weighted by Gasteiger charge is -2.11. The molecule has 0 fully saturated rings. The fourth-order valence-corrected chi connectivity index (χ4v) is 2.52. The summed E-state index contributed by atoms with van der Waals surface area (Å²) >= 11 is 1.28. The second kappa shape index (κ2) is 10.9. The number of allylic oxidation sites excluding steroid dienone is 2. The van der Waals surface area contributed by atoms with E-state index in [-0.39, 0.29) is 11.6 Å². The van der Waals surface area contributed by atoms with Crippen LogP contribution >= 0.6 is 11.9 Å². The zero-order chi connectivity index (χ0) is 19.5. The third-order valence-electron chi connectivity index (χ3n) is 3.24. The van der Waals surface area contributed by atoms with E-state index in [0.29, 0.717) is 11.3 Å². The number of hydrogen-bond donors (Lipinski definition) is 2. The average molecular weight is 373 g/mol. The van der Waals surface area contributed by atoms with E-state index in [9.17, 15) is 14.9 Å². The van der Waals surface area contributed by atoms with Gasteiger partial charge in [-0.15, -0.1) is 0 Å². The fraction of sp³-hybridized carbons (Fsp3) is 0.211. The fourth-order valence-electron chi connectivity index (χ4n) is 1.84. The Hall–Kier alpha value is -2.80. The number of non-ortho nitro benzene ring substituents is 1. The van der Waals surface area contributed by atoms with E-state index in [0.717, 1.165) is 10.6 Å². The molecule has 0 aliphatic heterocycles. The molecular formula is C19H23N3O3S. The van der Waals surface area contributed by atoms with Gasteiger partial charge in [-0.2, -0.15) is 0 Å². The number of rotatable bonds is 6. The maximum Gasteiger partial charge on any atom is 0.269 e. The van der Waals surface area contributed by atoms with Gasteiger partial charge in [-0.05, 0) is 50.1 Å². The molecule has 0 unspecified atom stereocenters. The van der Waals surface area contributed by atoms with Crippen LogP contribution in [0.2, 0.25) is 0 Å². The lowest BCUT2D eigenvalue weighted by molar-refractivity contribution is -0.384. The SMILES string of the molecule is C/C=C(\C)NC(=O)c1ccccc1NSc1ccc([N+](=O)[O-])cc1.CC. The Balaban J connectivity index is 0.00000163. The van der Waals surface area contributed by atoms with E-state index in [1.54, 1.807) is 30.3 Å². The Bertz CT molecular complexity index is 774. The van der Waals surface area contributed by atoms with Gasteiger partial charge in [-0.1, -0.05) is 32.1 Å². The summed E-state index contributed by atoms with van der Waals surface area (Å²) in [6, 6.07) is 13.4. The molecule has 0 radical (unpaired) electrons. The summed E-state index contributed by atoms with van der Waals surface area (Å²) in [7, 11) is 0. The minimum Gasteiger partial charge on any atom is -0.326 e. The first-order chi connectivity index (χ1) is 12.5. The molecule has 0 spiro atoms. The van der Waals surface area contributed by atoms with Crippen molar-refractivity contribution in [1.29, 1.82) is 0 Å². The van der Waals surface area contributed by atoms with E-state index in [1.165, 1.54) is 24.1 Å². The Kier molecular flexibility index (Phi) is 8.94. The van der Waals surface area contributed by atoms with E-state index in [1.807, 2.05) is 39.8 Å². The monoisotopic (exact) mass is 373 g/mol. The van der Waals surface area contributed by atoms with Gasteiger partial charge < -0.3 is 10.0 Å². The maximum absolute atomic E-state index is 12.3. The number of nitro benzene ring substituents is 1. The molecule has 0 saturated heterocycles. The smallest absolute Gasteiger partial charge is 0.269 e. The highest BCUT2D eigenvalue weighted by molar-refractivity contribution is 8.00. The molecule has 0 saturated carbocycles. The van der Waals surface area contributed by atoms with Gasteiger partial charge in [0.2, 0.25) is 0 Å². The molecule has 2 rings (SSSR count). The van der Waals surface area contributed by atoms with Gasteiger partial charge in [-0.25, -0.2) is 0 Å². The zero-order valence-electron chi connectivity index (χ0n) is 15.3. The van der Waals surface area contributed by atoms with Gasteiger partial charge in [0.1, 0.15) is 0 Å². The Morgan fingerprint density at radius 3 is 2.31 bits per heavy atom. The van der Waals surface area contributed by atoms with Crippen molar-refractivity contribution in [2.45, 2.75) is 32.6 Å². The van der Waals surface area contributed by atoms with Crippen LogP contribution in [-0.4, -0.2) is 10.8 Å². The van der Waals surface area contributed by atoms with Crippen LogP contribution in [0.4, 0.5) is 11.4 Å². The first-order valence-corrected chi connectivity index (χ1v) is 9.03. The zero-order valence-corrected chi connectivity index (χ0v) is 16.1. The summed E-state index contributed by atoms with van der Waals surface area (Å²) in [6.07, 6.45) is 1.82. The van der Waals surface area contributed by atoms with Crippen LogP contribution in [0.3, 0.4) is 0 Å². The van der Waals surface area contributed by atoms with Crippen molar-refractivity contribution in [3.05, 3.63) is 76.0 Å². The van der Waals surface area contributed by atoms with E-state index >= 15 is 0 Å². The molecule has 138 valence electrons. The Morgan fingerprint density at radius 1 is 1.12 bits per heavy atom. The van der Waals surface area contributed by atoms with E-state index in [2.05, 4.69) is 10.0 Å². The average Bonchev–Trinajstić information content (AvgIpc) is 2.68. The predicted octanol–water partition coefficient (Wildman–Crippen LogP) is 5.39. The summed E-state index contributed by atoms with van der Waals surface area (Å²) in [5.41, 5.74) is 2.01. The van der Waals surface area contributed by atoms with Crippen LogP contribution in [0.1, 0.15) is 38.1 Å². The molecule has 0 atom stereocenters. The molecule has 2 aromatic carbocycles. The number of anilines is 1. The summed E-state index contributed by atoms with van der Waals surface area (Å²) in [6.45, 7) is 7.67. The molecule has 6 nitrogen and oxygen atoms in total. The summed E-state index contributed by atoms with van der Waals surface area (Å²) in [5.74, 6) is -0.196. The van der Waals surface area contributed by atoms with Crippen LogP contribution in [0.5, 0.6) is 0 Å². The molecule has 2 aromatic rings. The molecule has 7 heteroatoms. The third-order valence-corrected chi connectivity index (χ3v) is 4.07. The number of nitro groups is 1. The van der Waals surface area contributed by atoms with Crippen molar-refractivity contribution >= 4 is 29.2 Å². The summed E-state index contributed by atoms with van der Waals surface area (Å²) in [5, 5.41) is 13.5. The standard InChI is InChI=1S/C17H17N3O3S.C2H6/c1-3-12(2)18-17(21)15-6-4-5-7-16(15)19-24-14-10-8-13(9-11-14)20(22)23;1-2/h3-11,19H,1-2H3,(H,18,21);1-2H3/b12-3+;. The highest BCUT2D eigenvalue weighted by Crippen LogP contribution is 2.25. The Labute approximate surface area is 158 Å². The van der Waals surface area contributed by atoms with Crippen molar-refractivity contribution in [2.24, 2.45) is 0 Å². The summed E-state index contributed by atoms with van der Waals surface area (Å²) < 4.78 is 3.12. The molecule has 26 heavy (non-hydrogen) atoms. The molecule has 0 heterocycles. The van der Waals surface area contributed by atoms with Crippen LogP contribution in [0, 0.1) is 10.1 Å². The maximum atomic E-state index is 12.3. The van der Waals surface area contributed by atoms with Gasteiger partial charge in [-0.3, -0.25) is 14.9 Å². The number of nitrogens with one attached hydrogen (secondary N) is 2. The highest BCUT2D eigenvalue weighted by atomic mass is 32.2. The minimum absolute atomic E-state index is 0.0426. The molecule has 0 bridgehead atoms. The van der Waals surface area contributed by atoms with Crippen LogP contribution in [0.15, 0.2) is 65.2 Å². The van der Waals surface area contributed by atoms with Crippen molar-refractivity contribution < 1.29 is 9.72 Å². The molecule has 2 N–H and O–H groups in total. The van der Waals surface area contributed by atoms with Gasteiger partial charge in [0.15, 0.2) is 0 Å². The number of hydrogen-bond acceptors (Lipinski definition) is 5. The van der Waals surface area contributed by atoms with Crippen LogP contribution in [0.25, 0.3) is 0 Å². The van der Waals surface area contributed by atoms with Crippen LogP contribution < -0.4 is 10.0 Å². The molecule has 0 aliphatic rings. The second-order valence-electron chi connectivity index (χ2n) is 4.93. The minimum atomic E-state index is -0.439. The highest BCUT2D eigenvalue weighted by Gasteiger charge is 2.11. The van der Waals surface area contributed by atoms with Crippen molar-refractivity contribution in [3.8, 4) is 0 Å². The van der Waals surface area contributed by atoms with Gasteiger partial charge in [0.25, 0.3) is 11.6 Å². The van der Waals surface area contributed by atoms with E-state index < -0.39 is 4.92 Å². The van der Waals surface area contributed by atoms with Crippen molar-refractivity contribution in [2.75, 3.05) is 4.72 Å². The largest absolute Gasteiger partial charge is 0.326 e. The lowest BCUT2D eigenvalue weighted by Crippen LogP contribution is -2.22. The second-order valence-corrected chi connectivity index (χ2v) is 5.81. The topological polar surface area (TPSA) is 84.3 Å². The third kappa shape index (κ3) is 6.25. The Morgan fingerprint density at radius 2 is 1.73 bits per heavy atom. The lowest BCUT2D eigenvalue weighted by atomic mass is 10.1. The predicted molar refractivity (Wildman–Crippen MR) is 107 cm³/mol. The first-order valence-electron chi connectivity index (χ1n) is 8.22. The number of carbonyl (C=O) groups excluding carboxylic acids is 1. The molecule has 1 amide bonds. The van der Waals surface area contributed by atoms with Crippen LogP contribution in [-0.2, 0) is 0 Å². The summed E-state index contributed by atoms with van der Waals surface area (Å²) in [4.78, 5) is 23.3. The molecule has 0 aliphatic carbocycles. The number of carbonyl (C=O) groups is 1. The first kappa shape index (κ1) is 21.2. The molecular weight excluding hydrogens is 350 g/mol. The van der Waals surface area contributed by atoms with Gasteiger partial charge in [0, 0.05) is 22.7 Å². The van der Waals surface area contributed by atoms with Gasteiger partial charge in [0.05, 0.1) is 16.2 Å². The van der Waals surface area contributed by atoms with Crippen molar-refractivity contribution in [3.63, 3.8) is 0 Å². The van der Waals surface area contributed by atoms with Crippen molar-refractivity contribution in [1.82, 2.24) is 5.32 Å². The number of amides is 1. The van der Waals surface area contributed by atoms with E-state index in [4.69, 9.17) is 0 Å². The van der Waals surface area contributed by atoms with Gasteiger partial charge >= 0.3 is 0 Å².